The molecule has 0 aliphatic heterocycles. The Kier molecular flexibility index (Phi) is 2.69. The molecule has 1 aromatic carbocycles. The summed E-state index contributed by atoms with van der Waals surface area (Å²) in [6.45, 7) is 0.636. The van der Waals surface area contributed by atoms with Crippen molar-refractivity contribution in [1.82, 2.24) is 9.97 Å². The van der Waals surface area contributed by atoms with Crippen LogP contribution in [0.4, 0.5) is 0 Å². The molecule has 1 aliphatic rings. The van der Waals surface area contributed by atoms with Crippen molar-refractivity contribution in [3.63, 3.8) is 0 Å². The van der Waals surface area contributed by atoms with Gasteiger partial charge in [0.25, 0.3) is 0 Å². The monoisotopic (exact) mass is 227 g/mol. The Bertz CT molecular complexity index is 528. The molecule has 0 saturated heterocycles. The zero-order valence-corrected chi connectivity index (χ0v) is 9.87. The van der Waals surface area contributed by atoms with Gasteiger partial charge in [-0.05, 0) is 48.6 Å². The Balaban J connectivity index is 1.92. The number of H-pyrrole nitrogens is 1. The molecule has 0 amide bonds. The summed E-state index contributed by atoms with van der Waals surface area (Å²) in [6.07, 6.45) is 6.46. The van der Waals surface area contributed by atoms with E-state index in [0.717, 1.165) is 17.9 Å². The Hall–Kier alpha value is -1.61. The van der Waals surface area contributed by atoms with Crippen molar-refractivity contribution in [3.05, 3.63) is 41.3 Å². The second-order valence-electron chi connectivity index (χ2n) is 4.62. The highest BCUT2D eigenvalue weighted by molar-refractivity contribution is 5.61. The molecule has 0 atom stereocenters. The fraction of sp³-hybridized carbons (Fsp3) is 0.357. The molecule has 0 saturated carbocycles. The molecule has 0 unspecified atom stereocenters. The van der Waals surface area contributed by atoms with Gasteiger partial charge in [0.05, 0.1) is 11.9 Å². The number of benzene rings is 1. The van der Waals surface area contributed by atoms with Gasteiger partial charge in [-0.2, -0.15) is 0 Å². The molecular weight excluding hydrogens is 210 g/mol. The fourth-order valence-electron chi connectivity index (χ4n) is 2.51. The molecule has 2 aromatic rings. The molecule has 0 bridgehead atoms. The van der Waals surface area contributed by atoms with Gasteiger partial charge in [-0.3, -0.25) is 0 Å². The first-order chi connectivity index (χ1) is 8.36. The minimum absolute atomic E-state index is 0.636. The van der Waals surface area contributed by atoms with Crippen LogP contribution in [0.15, 0.2) is 24.4 Å². The number of fused-ring (bicyclic) bond motifs is 1. The van der Waals surface area contributed by atoms with Gasteiger partial charge < -0.3 is 10.7 Å². The molecule has 3 nitrogen and oxygen atoms in total. The van der Waals surface area contributed by atoms with E-state index >= 15 is 0 Å². The maximum Gasteiger partial charge on any atom is 0.107 e. The number of aromatic amines is 1. The summed E-state index contributed by atoms with van der Waals surface area (Å²) in [6, 6.07) is 6.73. The van der Waals surface area contributed by atoms with Gasteiger partial charge in [0, 0.05) is 6.42 Å². The maximum absolute atomic E-state index is 5.52. The van der Waals surface area contributed by atoms with Crippen LogP contribution in [0.3, 0.4) is 0 Å². The minimum atomic E-state index is 0.636. The predicted octanol–water partition coefficient (Wildman–Crippen LogP) is 2.07. The molecule has 3 heteroatoms. The Labute approximate surface area is 101 Å². The van der Waals surface area contributed by atoms with E-state index in [4.69, 9.17) is 5.73 Å². The van der Waals surface area contributed by atoms with Gasteiger partial charge >= 0.3 is 0 Å². The summed E-state index contributed by atoms with van der Waals surface area (Å²) in [5, 5.41) is 0. The second-order valence-corrected chi connectivity index (χ2v) is 4.62. The van der Waals surface area contributed by atoms with E-state index in [9.17, 15) is 0 Å². The van der Waals surface area contributed by atoms with E-state index < -0.39 is 0 Å². The van der Waals surface area contributed by atoms with E-state index in [1.165, 1.54) is 36.0 Å². The second kappa shape index (κ2) is 4.34. The Morgan fingerprint density at radius 2 is 2.12 bits per heavy atom. The van der Waals surface area contributed by atoms with E-state index in [1.807, 2.05) is 6.20 Å². The first-order valence-electron chi connectivity index (χ1n) is 6.23. The van der Waals surface area contributed by atoms with Crippen LogP contribution in [-0.2, 0) is 19.3 Å². The van der Waals surface area contributed by atoms with Gasteiger partial charge in [0.15, 0.2) is 0 Å². The van der Waals surface area contributed by atoms with Crippen LogP contribution in [0.1, 0.15) is 23.4 Å². The van der Waals surface area contributed by atoms with Crippen LogP contribution >= 0.6 is 0 Å². The van der Waals surface area contributed by atoms with Crippen molar-refractivity contribution in [2.75, 3.05) is 6.54 Å². The third-order valence-electron chi connectivity index (χ3n) is 3.42. The van der Waals surface area contributed by atoms with E-state index in [1.54, 1.807) is 0 Å². The van der Waals surface area contributed by atoms with Crippen LogP contribution in [0.5, 0.6) is 0 Å². The number of nitrogens with zero attached hydrogens (tertiary/aromatic N) is 1. The molecule has 3 rings (SSSR count). The number of hydrogen-bond acceptors (Lipinski definition) is 2. The summed E-state index contributed by atoms with van der Waals surface area (Å²) in [5.41, 5.74) is 10.9. The number of aryl methyl sites for hydroxylation is 2. The van der Waals surface area contributed by atoms with Crippen LogP contribution in [0.25, 0.3) is 11.3 Å². The first-order valence-corrected chi connectivity index (χ1v) is 6.23. The number of nitrogens with two attached hydrogens (primary N) is 1. The highest BCUT2D eigenvalue weighted by atomic mass is 14.9. The SMILES string of the molecule is NCCc1ncc(-c2ccc3c(c2)CCC3)[nH]1. The van der Waals surface area contributed by atoms with Crippen molar-refractivity contribution >= 4 is 0 Å². The van der Waals surface area contributed by atoms with Gasteiger partial charge in [-0.15, -0.1) is 0 Å². The molecular formula is C14H17N3. The predicted molar refractivity (Wildman–Crippen MR) is 68.8 cm³/mol. The number of hydrogen-bond donors (Lipinski definition) is 2. The third-order valence-corrected chi connectivity index (χ3v) is 3.42. The lowest BCUT2D eigenvalue weighted by Gasteiger charge is -2.02. The topological polar surface area (TPSA) is 54.7 Å². The third kappa shape index (κ3) is 1.98. The van der Waals surface area contributed by atoms with Crippen LogP contribution in [-0.4, -0.2) is 16.5 Å². The van der Waals surface area contributed by atoms with Crippen LogP contribution in [0.2, 0.25) is 0 Å². The van der Waals surface area contributed by atoms with Crippen molar-refractivity contribution in [3.8, 4) is 11.3 Å². The van der Waals surface area contributed by atoms with Crippen molar-refractivity contribution < 1.29 is 0 Å². The highest BCUT2D eigenvalue weighted by Gasteiger charge is 2.12. The highest BCUT2D eigenvalue weighted by Crippen LogP contribution is 2.27. The molecule has 1 heterocycles. The molecule has 17 heavy (non-hydrogen) atoms. The summed E-state index contributed by atoms with van der Waals surface area (Å²) in [7, 11) is 0. The van der Waals surface area contributed by atoms with E-state index in [2.05, 4.69) is 28.2 Å². The Morgan fingerprint density at radius 3 is 3.00 bits per heavy atom. The molecule has 0 radical (unpaired) electrons. The number of imidazole rings is 1. The van der Waals surface area contributed by atoms with Crippen molar-refractivity contribution in [1.29, 1.82) is 0 Å². The normalized spacial score (nSPS) is 13.9. The molecule has 0 spiro atoms. The quantitative estimate of drug-likeness (QED) is 0.843. The first kappa shape index (κ1) is 10.5. The smallest absolute Gasteiger partial charge is 0.107 e. The fourth-order valence-corrected chi connectivity index (χ4v) is 2.51. The minimum Gasteiger partial charge on any atom is -0.342 e. The lowest BCUT2D eigenvalue weighted by atomic mass is 10.1. The maximum atomic E-state index is 5.52. The van der Waals surface area contributed by atoms with Crippen molar-refractivity contribution in [2.45, 2.75) is 25.7 Å². The number of rotatable bonds is 3. The summed E-state index contributed by atoms with van der Waals surface area (Å²) in [4.78, 5) is 7.67. The summed E-state index contributed by atoms with van der Waals surface area (Å²) < 4.78 is 0. The Morgan fingerprint density at radius 1 is 1.24 bits per heavy atom. The lowest BCUT2D eigenvalue weighted by Crippen LogP contribution is -2.03. The van der Waals surface area contributed by atoms with E-state index in [-0.39, 0.29) is 0 Å². The summed E-state index contributed by atoms with van der Waals surface area (Å²) in [5.74, 6) is 0.975. The lowest BCUT2D eigenvalue weighted by molar-refractivity contribution is 0.895. The van der Waals surface area contributed by atoms with E-state index in [0.29, 0.717) is 6.54 Å². The molecule has 0 fully saturated rings. The average Bonchev–Trinajstić information content (AvgIpc) is 2.96. The zero-order chi connectivity index (χ0) is 11.7. The van der Waals surface area contributed by atoms with Crippen LogP contribution < -0.4 is 5.73 Å². The van der Waals surface area contributed by atoms with Crippen molar-refractivity contribution in [2.24, 2.45) is 5.73 Å². The zero-order valence-electron chi connectivity index (χ0n) is 9.87. The molecule has 1 aromatic heterocycles. The average molecular weight is 227 g/mol. The van der Waals surface area contributed by atoms with Gasteiger partial charge in [0.1, 0.15) is 5.82 Å². The molecule has 3 N–H and O–H groups in total. The van der Waals surface area contributed by atoms with Gasteiger partial charge in [-0.25, -0.2) is 4.98 Å². The number of nitrogens with one attached hydrogen (secondary N) is 1. The largest absolute Gasteiger partial charge is 0.342 e. The van der Waals surface area contributed by atoms with Gasteiger partial charge in [0.2, 0.25) is 0 Å². The summed E-state index contributed by atoms with van der Waals surface area (Å²) >= 11 is 0. The molecule has 88 valence electrons. The molecule has 1 aliphatic carbocycles. The standard InChI is InChI=1S/C14H17N3/c15-7-6-14-16-9-13(17-14)12-5-4-10-2-1-3-11(10)8-12/h4-5,8-9H,1-3,6-7,15H2,(H,16,17). The van der Waals surface area contributed by atoms with Gasteiger partial charge in [-0.1, -0.05) is 12.1 Å². The number of aromatic nitrogens is 2. The van der Waals surface area contributed by atoms with Crippen LogP contribution in [0, 0.1) is 0 Å².